The molecule has 0 radical (unpaired) electrons. The number of amides is 3. The Morgan fingerprint density at radius 1 is 1.07 bits per heavy atom. The molecule has 3 amide bonds. The molecule has 1 heterocycles. The van der Waals surface area contributed by atoms with Crippen molar-refractivity contribution in [2.45, 2.75) is 82.4 Å². The Morgan fingerprint density at radius 2 is 1.85 bits per heavy atom. The number of thioether (sulfide) groups is 1. The lowest BCUT2D eigenvalue weighted by Crippen LogP contribution is -2.49. The van der Waals surface area contributed by atoms with Gasteiger partial charge in [-0.1, -0.05) is 57.7 Å². The Labute approximate surface area is 164 Å². The van der Waals surface area contributed by atoms with Crippen LogP contribution in [-0.2, 0) is 4.79 Å². The van der Waals surface area contributed by atoms with Crippen LogP contribution in [-0.4, -0.2) is 33.9 Å². The topological polar surface area (TPSA) is 97.1 Å². The highest BCUT2D eigenvalue weighted by Gasteiger charge is 2.28. The second-order valence-corrected chi connectivity index (χ2v) is 8.85. The Morgan fingerprint density at radius 3 is 2.63 bits per heavy atom. The lowest BCUT2D eigenvalue weighted by Gasteiger charge is -2.34. The molecule has 2 N–H and O–H groups in total. The number of nitrogens with one attached hydrogen (secondary N) is 2. The molecule has 3 atom stereocenters. The predicted octanol–water partition coefficient (Wildman–Crippen LogP) is 3.86. The molecule has 1 aromatic heterocycles. The van der Waals surface area contributed by atoms with E-state index in [-0.39, 0.29) is 17.7 Å². The summed E-state index contributed by atoms with van der Waals surface area (Å²) in [4.78, 5) is 24.1. The number of imide groups is 1. The summed E-state index contributed by atoms with van der Waals surface area (Å²) in [5.41, 5.74) is 0. The molecule has 2 saturated carbocycles. The van der Waals surface area contributed by atoms with Crippen LogP contribution in [0.5, 0.6) is 0 Å². The molecule has 2 aliphatic rings. The minimum atomic E-state index is -0.417. The van der Waals surface area contributed by atoms with Crippen LogP contribution in [0.15, 0.2) is 9.64 Å². The molecule has 0 aliphatic heterocycles. The lowest BCUT2D eigenvalue weighted by molar-refractivity contribution is -0.117. The zero-order chi connectivity index (χ0) is 19.2. The summed E-state index contributed by atoms with van der Waals surface area (Å²) in [6.45, 7) is 4.37. The quantitative estimate of drug-likeness (QED) is 0.736. The van der Waals surface area contributed by atoms with Crippen LogP contribution in [0.3, 0.4) is 0 Å². The molecule has 8 heteroatoms. The summed E-state index contributed by atoms with van der Waals surface area (Å²) in [5, 5.41) is 13.9. The summed E-state index contributed by atoms with van der Waals surface area (Å²) in [5.74, 6) is 1.76. The fraction of sp³-hybridized carbons (Fsp3) is 0.789. The Hall–Kier alpha value is -1.57. The molecule has 27 heavy (non-hydrogen) atoms. The van der Waals surface area contributed by atoms with Gasteiger partial charge in [-0.3, -0.25) is 10.1 Å². The summed E-state index contributed by atoms with van der Waals surface area (Å²) in [6.07, 6.45) is 9.12. The van der Waals surface area contributed by atoms with E-state index in [9.17, 15) is 9.59 Å². The van der Waals surface area contributed by atoms with E-state index in [0.29, 0.717) is 28.9 Å². The molecule has 150 valence electrons. The minimum absolute atomic E-state index is 0.0797. The number of carbonyl (C=O) groups excluding carboxylic acids is 2. The van der Waals surface area contributed by atoms with Crippen molar-refractivity contribution >= 4 is 23.7 Å². The highest BCUT2D eigenvalue weighted by atomic mass is 32.2. The number of hydrogen-bond donors (Lipinski definition) is 2. The van der Waals surface area contributed by atoms with Gasteiger partial charge in [0.2, 0.25) is 11.8 Å². The number of carbonyl (C=O) groups is 2. The maximum absolute atomic E-state index is 12.1. The van der Waals surface area contributed by atoms with Crippen molar-refractivity contribution in [3.63, 3.8) is 0 Å². The summed E-state index contributed by atoms with van der Waals surface area (Å²) in [7, 11) is 0. The number of nitrogens with zero attached hydrogens (tertiary/aromatic N) is 2. The van der Waals surface area contributed by atoms with E-state index in [1.54, 1.807) is 0 Å². The van der Waals surface area contributed by atoms with Gasteiger partial charge in [0.25, 0.3) is 5.22 Å². The van der Waals surface area contributed by atoms with Crippen LogP contribution in [0.4, 0.5) is 4.79 Å². The monoisotopic (exact) mass is 394 g/mol. The summed E-state index contributed by atoms with van der Waals surface area (Å²) in [6, 6.07) is -0.289. The molecule has 0 unspecified atom stereocenters. The van der Waals surface area contributed by atoms with Gasteiger partial charge in [0.1, 0.15) is 0 Å². The highest BCUT2D eigenvalue weighted by molar-refractivity contribution is 7.99. The van der Waals surface area contributed by atoms with Gasteiger partial charge in [0.05, 0.1) is 5.75 Å². The van der Waals surface area contributed by atoms with Crippen LogP contribution in [0, 0.1) is 11.8 Å². The van der Waals surface area contributed by atoms with Crippen LogP contribution < -0.4 is 10.6 Å². The fourth-order valence-electron chi connectivity index (χ4n) is 4.07. The van der Waals surface area contributed by atoms with E-state index in [1.165, 1.54) is 37.4 Å². The number of rotatable bonds is 5. The smallest absolute Gasteiger partial charge is 0.321 e. The number of hydrogen-bond acceptors (Lipinski definition) is 6. The first kappa shape index (κ1) is 20.2. The van der Waals surface area contributed by atoms with Crippen LogP contribution in [0.1, 0.15) is 77.0 Å². The first-order valence-electron chi connectivity index (χ1n) is 10.1. The molecule has 2 fully saturated rings. The maximum atomic E-state index is 12.1. The molecule has 0 bridgehead atoms. The second-order valence-electron chi connectivity index (χ2n) is 7.93. The lowest BCUT2D eigenvalue weighted by atomic mass is 9.78. The second kappa shape index (κ2) is 9.57. The number of urea groups is 1. The van der Waals surface area contributed by atoms with E-state index >= 15 is 0 Å². The van der Waals surface area contributed by atoms with Crippen LogP contribution in [0.2, 0.25) is 0 Å². The fourth-order valence-corrected chi connectivity index (χ4v) is 4.64. The molecule has 0 saturated heterocycles. The number of aromatic nitrogens is 2. The van der Waals surface area contributed by atoms with Crippen LogP contribution in [0.25, 0.3) is 0 Å². The highest BCUT2D eigenvalue weighted by Crippen LogP contribution is 2.33. The Kier molecular flexibility index (Phi) is 7.15. The van der Waals surface area contributed by atoms with Crippen molar-refractivity contribution in [1.82, 2.24) is 20.8 Å². The van der Waals surface area contributed by atoms with E-state index in [0.717, 1.165) is 25.7 Å². The molecular weight excluding hydrogens is 364 g/mol. The first-order valence-corrected chi connectivity index (χ1v) is 11.1. The molecule has 7 nitrogen and oxygen atoms in total. The van der Waals surface area contributed by atoms with Gasteiger partial charge in [0, 0.05) is 12.0 Å². The van der Waals surface area contributed by atoms with Gasteiger partial charge in [0.15, 0.2) is 0 Å². The summed E-state index contributed by atoms with van der Waals surface area (Å²) < 4.78 is 5.69. The standard InChI is InChI=1S/C19H30N4O3S/c1-12-7-6-10-15(13(12)2)20-18(25)21-16(24)11-27-19-23-22-17(26-19)14-8-4-3-5-9-14/h12-15H,3-11H2,1-2H3,(H2,20,21,24,25)/t12-,13-,15+/m1/s1. The molecule has 0 spiro atoms. The third-order valence-corrected chi connectivity index (χ3v) is 6.80. The van der Waals surface area contributed by atoms with Gasteiger partial charge >= 0.3 is 6.03 Å². The minimum Gasteiger partial charge on any atom is -0.416 e. The average molecular weight is 395 g/mol. The van der Waals surface area contributed by atoms with Crippen LogP contribution >= 0.6 is 11.8 Å². The van der Waals surface area contributed by atoms with Crippen molar-refractivity contribution in [3.05, 3.63) is 5.89 Å². The van der Waals surface area contributed by atoms with Gasteiger partial charge in [-0.15, -0.1) is 10.2 Å². The van der Waals surface area contributed by atoms with E-state index < -0.39 is 6.03 Å². The zero-order valence-corrected chi connectivity index (χ0v) is 17.0. The van der Waals surface area contributed by atoms with Gasteiger partial charge < -0.3 is 9.73 Å². The first-order chi connectivity index (χ1) is 13.0. The van der Waals surface area contributed by atoms with Crippen molar-refractivity contribution < 1.29 is 14.0 Å². The van der Waals surface area contributed by atoms with Crippen molar-refractivity contribution in [1.29, 1.82) is 0 Å². The third-order valence-electron chi connectivity index (χ3n) is 5.98. The molecule has 3 rings (SSSR count). The van der Waals surface area contributed by atoms with E-state index in [1.807, 2.05) is 0 Å². The molecule has 1 aromatic rings. The SMILES string of the molecule is C[C@@H]1[C@H](C)CCC[C@@H]1NC(=O)NC(=O)CSc1nnc(C2CCCCC2)o1. The summed E-state index contributed by atoms with van der Waals surface area (Å²) >= 11 is 1.17. The van der Waals surface area contributed by atoms with Crippen molar-refractivity contribution in [2.75, 3.05) is 5.75 Å². The largest absolute Gasteiger partial charge is 0.416 e. The van der Waals surface area contributed by atoms with E-state index in [2.05, 4.69) is 34.7 Å². The molecule has 2 aliphatic carbocycles. The maximum Gasteiger partial charge on any atom is 0.321 e. The Balaban J connectivity index is 1.40. The van der Waals surface area contributed by atoms with Gasteiger partial charge in [-0.05, 0) is 31.1 Å². The zero-order valence-electron chi connectivity index (χ0n) is 16.2. The van der Waals surface area contributed by atoms with E-state index in [4.69, 9.17) is 4.42 Å². The van der Waals surface area contributed by atoms with Crippen molar-refractivity contribution in [2.24, 2.45) is 11.8 Å². The average Bonchev–Trinajstić information content (AvgIpc) is 3.14. The third kappa shape index (κ3) is 5.70. The molecule has 0 aromatic carbocycles. The normalized spacial score (nSPS) is 26.5. The predicted molar refractivity (Wildman–Crippen MR) is 103 cm³/mol. The van der Waals surface area contributed by atoms with Gasteiger partial charge in [-0.2, -0.15) is 0 Å². The van der Waals surface area contributed by atoms with Crippen molar-refractivity contribution in [3.8, 4) is 0 Å². The Bertz CT molecular complexity index is 645. The molecular formula is C19H30N4O3S. The van der Waals surface area contributed by atoms with Gasteiger partial charge in [-0.25, -0.2) is 4.79 Å².